The van der Waals surface area contributed by atoms with Gasteiger partial charge in [-0.05, 0) is 42.3 Å². The van der Waals surface area contributed by atoms with Crippen molar-refractivity contribution in [2.75, 3.05) is 13.7 Å². The Balaban J connectivity index is 1.43. The van der Waals surface area contributed by atoms with E-state index in [9.17, 15) is 14.0 Å². The number of carbonyl (C=O) groups is 2. The summed E-state index contributed by atoms with van der Waals surface area (Å²) in [6.45, 7) is 1.51. The van der Waals surface area contributed by atoms with Crippen molar-refractivity contribution in [2.24, 2.45) is 5.10 Å². The molecule has 7 nitrogen and oxygen atoms in total. The summed E-state index contributed by atoms with van der Waals surface area (Å²) in [5.74, 6) is -1.02. The molecule has 1 unspecified atom stereocenters. The van der Waals surface area contributed by atoms with E-state index in [-0.39, 0.29) is 12.2 Å². The summed E-state index contributed by atoms with van der Waals surface area (Å²) in [5, 5.41) is 5.80. The number of methoxy groups -OCH3 is 1. The van der Waals surface area contributed by atoms with Gasteiger partial charge in [0, 0.05) is 6.42 Å². The lowest BCUT2D eigenvalue weighted by molar-refractivity contribution is -0.152. The van der Waals surface area contributed by atoms with Crippen LogP contribution in [0.1, 0.15) is 34.9 Å². The third-order valence-electron chi connectivity index (χ3n) is 5.34. The average Bonchev–Trinajstić information content (AvgIpc) is 3.48. The van der Waals surface area contributed by atoms with E-state index in [1.807, 2.05) is 31.2 Å². The molecule has 0 aliphatic carbocycles. The van der Waals surface area contributed by atoms with Crippen molar-refractivity contribution in [3.8, 4) is 5.75 Å². The van der Waals surface area contributed by atoms with Gasteiger partial charge in [0.05, 0.1) is 25.5 Å². The number of halogens is 1. The first-order chi connectivity index (χ1) is 15.9. The maximum Gasteiger partial charge on any atom is 0.310 e. The summed E-state index contributed by atoms with van der Waals surface area (Å²) >= 11 is 0. The maximum absolute atomic E-state index is 13.8. The van der Waals surface area contributed by atoms with E-state index in [4.69, 9.17) is 13.9 Å². The zero-order valence-electron chi connectivity index (χ0n) is 18.3. The number of nitrogens with zero attached hydrogens (tertiary/aromatic N) is 2. The highest BCUT2D eigenvalue weighted by Gasteiger charge is 2.35. The molecule has 0 N–H and O–H groups in total. The van der Waals surface area contributed by atoms with Gasteiger partial charge in [-0.15, -0.1) is 0 Å². The minimum atomic E-state index is -0.649. The van der Waals surface area contributed by atoms with Gasteiger partial charge in [0.15, 0.2) is 18.2 Å². The lowest BCUT2D eigenvalue weighted by Gasteiger charge is -2.19. The SMILES string of the molecule is COc1ccc(CC(=O)OCC(=O)N2N=C(c3ccc(C)cc3)CC2c2ccco2)cc1F. The largest absolute Gasteiger partial charge is 0.494 e. The van der Waals surface area contributed by atoms with Gasteiger partial charge in [0.25, 0.3) is 5.91 Å². The highest BCUT2D eigenvalue weighted by atomic mass is 19.1. The molecular weight excluding hydrogens is 427 g/mol. The molecule has 1 aliphatic heterocycles. The third kappa shape index (κ3) is 5.11. The Labute approximate surface area is 190 Å². The van der Waals surface area contributed by atoms with Gasteiger partial charge in [0.1, 0.15) is 11.8 Å². The van der Waals surface area contributed by atoms with Crippen molar-refractivity contribution in [1.82, 2.24) is 5.01 Å². The molecule has 33 heavy (non-hydrogen) atoms. The molecule has 1 aliphatic rings. The summed E-state index contributed by atoms with van der Waals surface area (Å²) in [6, 6.07) is 15.2. The Morgan fingerprint density at radius 3 is 2.64 bits per heavy atom. The fraction of sp³-hybridized carbons (Fsp3) is 0.240. The zero-order valence-corrected chi connectivity index (χ0v) is 18.3. The lowest BCUT2D eigenvalue weighted by atomic mass is 10.0. The van der Waals surface area contributed by atoms with Gasteiger partial charge in [-0.1, -0.05) is 35.9 Å². The standard InChI is InChI=1S/C25H23FN2O5/c1-16-5-8-18(9-6-16)20-14-21(23-4-3-11-32-23)28(27-20)24(29)15-33-25(30)13-17-7-10-22(31-2)19(26)12-17/h3-12,21H,13-15H2,1-2H3. The van der Waals surface area contributed by atoms with Gasteiger partial charge in [-0.25, -0.2) is 9.40 Å². The molecule has 3 aromatic rings. The van der Waals surface area contributed by atoms with E-state index in [0.717, 1.165) is 16.8 Å². The van der Waals surface area contributed by atoms with Crippen LogP contribution in [0.3, 0.4) is 0 Å². The van der Waals surface area contributed by atoms with Crippen LogP contribution in [-0.2, 0) is 20.7 Å². The quantitative estimate of drug-likeness (QED) is 0.504. The number of hydrazone groups is 1. The molecule has 0 fully saturated rings. The molecule has 1 amide bonds. The van der Waals surface area contributed by atoms with Crippen LogP contribution in [0, 0.1) is 12.7 Å². The Morgan fingerprint density at radius 2 is 1.97 bits per heavy atom. The summed E-state index contributed by atoms with van der Waals surface area (Å²) in [4.78, 5) is 25.1. The fourth-order valence-electron chi connectivity index (χ4n) is 3.61. The molecule has 0 bridgehead atoms. The van der Waals surface area contributed by atoms with Crippen molar-refractivity contribution in [2.45, 2.75) is 25.8 Å². The monoisotopic (exact) mass is 450 g/mol. The summed E-state index contributed by atoms with van der Waals surface area (Å²) in [5.41, 5.74) is 3.19. The second kappa shape index (κ2) is 9.68. The van der Waals surface area contributed by atoms with Crippen LogP contribution in [0.5, 0.6) is 5.75 Å². The molecule has 2 heterocycles. The van der Waals surface area contributed by atoms with E-state index in [1.165, 1.54) is 30.5 Å². The van der Waals surface area contributed by atoms with Crippen LogP contribution in [0.4, 0.5) is 4.39 Å². The third-order valence-corrected chi connectivity index (χ3v) is 5.34. The number of hydrogen-bond donors (Lipinski definition) is 0. The van der Waals surface area contributed by atoms with E-state index in [2.05, 4.69) is 5.10 Å². The van der Waals surface area contributed by atoms with Crippen molar-refractivity contribution < 1.29 is 27.9 Å². The van der Waals surface area contributed by atoms with Crippen LogP contribution in [-0.4, -0.2) is 36.3 Å². The normalized spacial score (nSPS) is 15.3. The van der Waals surface area contributed by atoms with Gasteiger partial charge >= 0.3 is 5.97 Å². The van der Waals surface area contributed by atoms with E-state index in [1.54, 1.807) is 18.2 Å². The second-order valence-corrected chi connectivity index (χ2v) is 7.69. The van der Waals surface area contributed by atoms with Crippen molar-refractivity contribution in [3.05, 3.63) is 89.1 Å². The molecule has 2 aromatic carbocycles. The number of esters is 1. The second-order valence-electron chi connectivity index (χ2n) is 7.69. The van der Waals surface area contributed by atoms with E-state index < -0.39 is 30.3 Å². The maximum atomic E-state index is 13.8. The van der Waals surface area contributed by atoms with E-state index in [0.29, 0.717) is 17.7 Å². The van der Waals surface area contributed by atoms with Gasteiger partial charge in [0.2, 0.25) is 0 Å². The molecule has 1 atom stereocenters. The van der Waals surface area contributed by atoms with Crippen molar-refractivity contribution >= 4 is 17.6 Å². The molecular formula is C25H23FN2O5. The van der Waals surface area contributed by atoms with Gasteiger partial charge in [-0.2, -0.15) is 5.10 Å². The fourth-order valence-corrected chi connectivity index (χ4v) is 3.61. The predicted octanol–water partition coefficient (Wildman–Crippen LogP) is 4.20. The molecule has 0 saturated carbocycles. The average molecular weight is 450 g/mol. The molecule has 1 aromatic heterocycles. The number of carbonyl (C=O) groups excluding carboxylic acids is 2. The highest BCUT2D eigenvalue weighted by molar-refractivity contribution is 6.03. The number of amides is 1. The van der Waals surface area contributed by atoms with E-state index >= 15 is 0 Å². The van der Waals surface area contributed by atoms with Gasteiger partial charge in [-0.3, -0.25) is 9.59 Å². The number of furan rings is 1. The first kappa shape index (κ1) is 22.3. The number of benzene rings is 2. The zero-order chi connectivity index (χ0) is 23.4. The van der Waals surface area contributed by atoms with Crippen LogP contribution < -0.4 is 4.74 Å². The molecule has 0 radical (unpaired) electrons. The Kier molecular flexibility index (Phi) is 6.53. The van der Waals surface area contributed by atoms with Crippen LogP contribution >= 0.6 is 0 Å². The topological polar surface area (TPSA) is 81.3 Å². The first-order valence-corrected chi connectivity index (χ1v) is 10.4. The van der Waals surface area contributed by atoms with Crippen molar-refractivity contribution in [3.63, 3.8) is 0 Å². The Hall–Kier alpha value is -3.94. The van der Waals surface area contributed by atoms with Crippen LogP contribution in [0.2, 0.25) is 0 Å². The van der Waals surface area contributed by atoms with Crippen molar-refractivity contribution in [1.29, 1.82) is 0 Å². The Bertz CT molecular complexity index is 1170. The lowest BCUT2D eigenvalue weighted by Crippen LogP contribution is -2.31. The number of rotatable bonds is 7. The summed E-state index contributed by atoms with van der Waals surface area (Å²) in [6.07, 6.45) is 1.84. The molecule has 170 valence electrons. The highest BCUT2D eigenvalue weighted by Crippen LogP contribution is 2.33. The minimum absolute atomic E-state index is 0.0857. The first-order valence-electron chi connectivity index (χ1n) is 10.4. The number of aryl methyl sites for hydroxylation is 1. The molecule has 0 spiro atoms. The van der Waals surface area contributed by atoms with Crippen LogP contribution in [0.15, 0.2) is 70.4 Å². The minimum Gasteiger partial charge on any atom is -0.494 e. The molecule has 4 rings (SSSR count). The van der Waals surface area contributed by atoms with Gasteiger partial charge < -0.3 is 13.9 Å². The smallest absolute Gasteiger partial charge is 0.310 e. The Morgan fingerprint density at radius 1 is 1.18 bits per heavy atom. The summed E-state index contributed by atoms with van der Waals surface area (Å²) < 4.78 is 29.4. The predicted molar refractivity (Wildman–Crippen MR) is 118 cm³/mol. The molecule has 0 saturated heterocycles. The number of ether oxygens (including phenoxy) is 2. The van der Waals surface area contributed by atoms with Crippen LogP contribution in [0.25, 0.3) is 0 Å². The number of hydrogen-bond acceptors (Lipinski definition) is 6. The molecule has 8 heteroatoms. The summed E-state index contributed by atoms with van der Waals surface area (Å²) in [7, 11) is 1.36.